The summed E-state index contributed by atoms with van der Waals surface area (Å²) in [6.45, 7) is 6.85. The zero-order chi connectivity index (χ0) is 8.74. The maximum atomic E-state index is 2.55. The van der Waals surface area contributed by atoms with Crippen LogP contribution in [0.5, 0.6) is 0 Å². The van der Waals surface area contributed by atoms with E-state index in [1.807, 2.05) is 0 Å². The second-order valence-electron chi connectivity index (χ2n) is 2.16. The molecule has 0 nitrogen and oxygen atoms in total. The van der Waals surface area contributed by atoms with Gasteiger partial charge in [-0.25, -0.2) is 0 Å². The van der Waals surface area contributed by atoms with Gasteiger partial charge in [-0.15, -0.1) is 0 Å². The van der Waals surface area contributed by atoms with Crippen LogP contribution in [-0.2, 0) is 0 Å². The van der Waals surface area contributed by atoms with E-state index in [0.717, 1.165) is 0 Å². The fraction of sp³-hybridized carbons (Fsp3) is 1.00. The average Bonchev–Trinajstić information content (AvgIpc) is 1.88. The van der Waals surface area contributed by atoms with Gasteiger partial charge in [0, 0.05) is 0 Å². The van der Waals surface area contributed by atoms with Gasteiger partial charge >= 0.3 is 84.0 Å². The fourth-order valence-electron chi connectivity index (χ4n) is 0.912. The van der Waals surface area contributed by atoms with Crippen molar-refractivity contribution < 1.29 is 0 Å². The molecule has 0 rings (SSSR count). The first-order chi connectivity index (χ1) is 5.18. The third-order valence-electron chi connectivity index (χ3n) is 1.22. The van der Waals surface area contributed by atoms with Crippen molar-refractivity contribution in [3.05, 3.63) is 0 Å². The molecule has 0 aliphatic carbocycles. The first-order valence-electron chi connectivity index (χ1n) is 4.10. The molecule has 4 heteroatoms. The fourth-order valence-corrected chi connectivity index (χ4v) is 37.6. The monoisotopic (exact) mass is 318 g/mol. The van der Waals surface area contributed by atoms with Crippen LogP contribution < -0.4 is 0 Å². The zero-order valence-corrected chi connectivity index (χ0v) is 13.1. The van der Waals surface area contributed by atoms with Crippen LogP contribution in [0, 0.1) is 0 Å². The summed E-state index contributed by atoms with van der Waals surface area (Å²) in [5, 5.41) is 0. The Hall–Kier alpha value is 1.85. The van der Waals surface area contributed by atoms with Crippen molar-refractivity contribution in [2.45, 2.75) is 25.7 Å². The van der Waals surface area contributed by atoms with Crippen LogP contribution in [0.4, 0.5) is 0 Å². The van der Waals surface area contributed by atoms with Crippen LogP contribution in [0.25, 0.3) is 0 Å². The van der Waals surface area contributed by atoms with Gasteiger partial charge in [0.1, 0.15) is 0 Å². The summed E-state index contributed by atoms with van der Waals surface area (Å²) in [6.07, 6.45) is 0. The molecule has 0 aromatic heterocycles. The second kappa shape index (κ2) is 7.27. The molecule has 11 heavy (non-hydrogen) atoms. The van der Waals surface area contributed by atoms with Crippen LogP contribution in [0.1, 0.15) is 20.8 Å². The maximum absolute atomic E-state index is 2.55. The molecule has 0 radical (unpaired) electrons. The van der Waals surface area contributed by atoms with Gasteiger partial charge in [0.2, 0.25) is 0 Å². The second-order valence-corrected chi connectivity index (χ2v) is 38.7. The van der Waals surface area contributed by atoms with Gasteiger partial charge in [0.25, 0.3) is 0 Å². The van der Waals surface area contributed by atoms with Crippen LogP contribution >= 0.6 is 26.8 Å². The molecule has 0 fully saturated rings. The Labute approximate surface area is 83.3 Å². The molecule has 0 saturated heterocycles. The van der Waals surface area contributed by atoms with Crippen LogP contribution in [0.15, 0.2) is 0 Å². The molecule has 0 N–H and O–H groups in total. The first-order valence-corrected chi connectivity index (χ1v) is 20.4. The molecule has 0 heterocycles. The minimum absolute atomic E-state index is 1.31. The van der Waals surface area contributed by atoms with Crippen LogP contribution in [-0.4, -0.2) is 31.5 Å². The van der Waals surface area contributed by atoms with E-state index in [-0.39, 0.29) is 0 Å². The number of hydrogen-bond donors (Lipinski definition) is 0. The molecular weight excluding hydrogens is 299 g/mol. The van der Waals surface area contributed by atoms with Gasteiger partial charge in [-0.3, -0.25) is 0 Å². The van der Waals surface area contributed by atoms with E-state index in [1.165, 1.54) is 17.3 Å². The summed E-state index contributed by atoms with van der Waals surface area (Å²) in [4.78, 5) is 2.55. The van der Waals surface area contributed by atoms with Gasteiger partial charge in [0.15, 0.2) is 0 Å². The van der Waals surface area contributed by atoms with Crippen molar-refractivity contribution in [2.75, 3.05) is 17.3 Å². The van der Waals surface area contributed by atoms with E-state index in [2.05, 4.69) is 52.5 Å². The minimum atomic E-state index is -1.72. The Morgan fingerprint density at radius 3 is 1.27 bits per heavy atom. The predicted molar refractivity (Wildman–Crippen MR) is 66.0 cm³/mol. The summed E-state index contributed by atoms with van der Waals surface area (Å²) in [7, 11) is 6.79. The molecule has 0 spiro atoms. The van der Waals surface area contributed by atoms with Crippen molar-refractivity contribution in [3.8, 4) is 0 Å². The number of hydrogen-bond acceptors (Lipinski definition) is 3. The molecule has 0 aliphatic heterocycles. The molecule has 0 bridgehead atoms. The Kier molecular flexibility index (Phi) is 8.49. The van der Waals surface area contributed by atoms with Crippen LogP contribution in [0.2, 0.25) is 4.94 Å². The average molecular weight is 317 g/mol. The van der Waals surface area contributed by atoms with E-state index in [9.17, 15) is 0 Å². The van der Waals surface area contributed by atoms with Crippen molar-refractivity contribution in [1.29, 1.82) is 0 Å². The first kappa shape index (κ1) is 12.8. The summed E-state index contributed by atoms with van der Waals surface area (Å²) in [5.74, 6) is 3.94. The molecule has 0 saturated carbocycles. The Balaban J connectivity index is 3.79. The van der Waals surface area contributed by atoms with E-state index in [0.29, 0.717) is 0 Å². The van der Waals surface area contributed by atoms with E-state index in [1.54, 1.807) is 0 Å². The Morgan fingerprint density at radius 1 is 0.818 bits per heavy atom. The van der Waals surface area contributed by atoms with E-state index < -0.39 is 14.2 Å². The summed E-state index contributed by atoms with van der Waals surface area (Å²) < 4.78 is 0. The topological polar surface area (TPSA) is 0 Å². The standard InChI is InChI=1S/3C2H6S.CH3.Sn/c3*1-2-3;;/h3*3H,2H2,1H3;1H3;/q;;;;+3/p-3. The van der Waals surface area contributed by atoms with Crippen molar-refractivity contribution in [1.82, 2.24) is 0 Å². The van der Waals surface area contributed by atoms with Crippen molar-refractivity contribution in [2.24, 2.45) is 0 Å². The molecule has 68 valence electrons. The van der Waals surface area contributed by atoms with Crippen molar-refractivity contribution >= 4 is 41.1 Å². The van der Waals surface area contributed by atoms with Gasteiger partial charge in [-0.2, -0.15) is 0 Å². The quantitative estimate of drug-likeness (QED) is 0.684. The zero-order valence-electron chi connectivity index (χ0n) is 7.85. The van der Waals surface area contributed by atoms with E-state index >= 15 is 0 Å². The van der Waals surface area contributed by atoms with Crippen LogP contribution in [0.3, 0.4) is 0 Å². The van der Waals surface area contributed by atoms with Gasteiger partial charge in [-0.1, -0.05) is 0 Å². The molecule has 0 amide bonds. The third-order valence-corrected chi connectivity index (χ3v) is 38.8. The van der Waals surface area contributed by atoms with Gasteiger partial charge in [0.05, 0.1) is 0 Å². The van der Waals surface area contributed by atoms with Gasteiger partial charge < -0.3 is 0 Å². The summed E-state index contributed by atoms with van der Waals surface area (Å²) in [5.41, 5.74) is 0. The molecule has 0 unspecified atom stereocenters. The Morgan fingerprint density at radius 2 is 1.09 bits per heavy atom. The molecule has 0 atom stereocenters. The Bertz CT molecular complexity index is 80.7. The summed E-state index contributed by atoms with van der Waals surface area (Å²) >= 11 is -1.72. The van der Waals surface area contributed by atoms with E-state index in [4.69, 9.17) is 0 Å². The SMILES string of the molecule is CC[S][Sn]([CH3])([S]CC)[S]CC. The molecule has 0 aromatic rings. The predicted octanol–water partition coefficient (Wildman–Crippen LogP) is 3.81. The van der Waals surface area contributed by atoms with Gasteiger partial charge in [-0.05, 0) is 0 Å². The van der Waals surface area contributed by atoms with Crippen molar-refractivity contribution in [3.63, 3.8) is 0 Å². The third kappa shape index (κ3) is 5.99. The molecular formula is C7H18S3Sn. The normalized spacial score (nSPS) is 12.0. The molecule has 0 aliphatic rings. The molecule has 0 aromatic carbocycles. The summed E-state index contributed by atoms with van der Waals surface area (Å²) in [6, 6.07) is 0. The number of rotatable bonds is 6.